The molecule has 0 radical (unpaired) electrons. The second kappa shape index (κ2) is 10.7. The van der Waals surface area contributed by atoms with E-state index >= 15 is 0 Å². The van der Waals surface area contributed by atoms with Crippen LogP contribution in [0, 0.1) is 11.6 Å². The van der Waals surface area contributed by atoms with Gasteiger partial charge >= 0.3 is 5.56 Å². The number of nitrogen functional groups attached to an aromatic ring is 1. The van der Waals surface area contributed by atoms with E-state index in [1.807, 2.05) is 0 Å². The maximum Gasteiger partial charge on any atom is 0.316 e. The number of nitrogens with zero attached hydrogens (tertiary/aromatic N) is 4. The Morgan fingerprint density at radius 3 is 2.28 bits per heavy atom. The van der Waals surface area contributed by atoms with Crippen molar-refractivity contribution in [3.05, 3.63) is 64.6 Å². The summed E-state index contributed by atoms with van der Waals surface area (Å²) in [5.41, 5.74) is 4.79. The van der Waals surface area contributed by atoms with E-state index in [1.165, 1.54) is 29.6 Å². The zero-order chi connectivity index (χ0) is 28.5. The second-order valence-electron chi connectivity index (χ2n) is 8.86. The molecule has 1 aromatic heterocycles. The highest BCUT2D eigenvalue weighted by Crippen LogP contribution is 2.30. The number of sulfonamides is 1. The van der Waals surface area contributed by atoms with Crippen molar-refractivity contribution in [3.8, 4) is 17.2 Å². The maximum atomic E-state index is 13.7. The molecule has 2 aromatic carbocycles. The van der Waals surface area contributed by atoms with Crippen LogP contribution >= 0.6 is 0 Å². The number of hydrogen-bond donors (Lipinski definition) is 1. The van der Waals surface area contributed by atoms with Crippen LogP contribution in [0.1, 0.15) is 6.92 Å². The summed E-state index contributed by atoms with van der Waals surface area (Å²) >= 11 is 0. The van der Waals surface area contributed by atoms with E-state index in [0.29, 0.717) is 17.7 Å². The minimum absolute atomic E-state index is 0.0173. The van der Waals surface area contributed by atoms with Gasteiger partial charge < -0.3 is 20.1 Å². The molecule has 1 fully saturated rings. The Hall–Kier alpha value is -3.85. The molecule has 0 saturated carbocycles. The summed E-state index contributed by atoms with van der Waals surface area (Å²) in [6, 6.07) is 6.39. The molecule has 2 heterocycles. The average Bonchev–Trinajstić information content (AvgIpc) is 2.87. The molecule has 3 aromatic rings. The number of piperazine rings is 1. The van der Waals surface area contributed by atoms with E-state index in [4.69, 9.17) is 15.2 Å². The van der Waals surface area contributed by atoms with E-state index in [0.717, 1.165) is 18.3 Å². The van der Waals surface area contributed by atoms with Gasteiger partial charge in [-0.1, -0.05) is 0 Å². The summed E-state index contributed by atoms with van der Waals surface area (Å²) in [6.07, 6.45) is 1.14. The van der Waals surface area contributed by atoms with Crippen LogP contribution < -0.4 is 25.7 Å². The van der Waals surface area contributed by atoms with Gasteiger partial charge in [0.15, 0.2) is 6.61 Å². The van der Waals surface area contributed by atoms with Gasteiger partial charge in [-0.3, -0.25) is 4.79 Å². The Balaban J connectivity index is 1.63. The molecular weight excluding hydrogens is 546 g/mol. The molecule has 39 heavy (non-hydrogen) atoms. The quantitative estimate of drug-likeness (QED) is 0.324. The highest BCUT2D eigenvalue weighted by molar-refractivity contribution is 7.89. The van der Waals surface area contributed by atoms with E-state index in [1.54, 1.807) is 4.90 Å². The number of halogens is 4. The van der Waals surface area contributed by atoms with Crippen molar-refractivity contribution in [2.45, 2.75) is 17.7 Å². The van der Waals surface area contributed by atoms with Gasteiger partial charge in [-0.25, -0.2) is 26.0 Å². The van der Waals surface area contributed by atoms with E-state index in [-0.39, 0.29) is 53.9 Å². The first-order chi connectivity index (χ1) is 18.3. The normalized spacial score (nSPS) is 14.9. The van der Waals surface area contributed by atoms with Crippen LogP contribution in [0.25, 0.3) is 5.69 Å². The summed E-state index contributed by atoms with van der Waals surface area (Å²) in [7, 11) is -2.56. The SMILES string of the molecule is COc1cc(S(=O)(=O)N2CCN(c3cnn(-c4cc(F)cc(F)c4)c(=O)c3OCC(C)(F)F)CC2)ccc1N. The third-order valence-corrected chi connectivity index (χ3v) is 7.79. The number of aromatic nitrogens is 2. The average molecular weight is 572 g/mol. The third-order valence-electron chi connectivity index (χ3n) is 5.90. The highest BCUT2D eigenvalue weighted by atomic mass is 32.2. The van der Waals surface area contributed by atoms with Crippen LogP contribution in [-0.4, -0.2) is 68.3 Å². The van der Waals surface area contributed by atoms with Crippen LogP contribution in [0.3, 0.4) is 0 Å². The molecule has 0 unspecified atom stereocenters. The Morgan fingerprint density at radius 2 is 1.69 bits per heavy atom. The number of anilines is 2. The predicted molar refractivity (Wildman–Crippen MR) is 134 cm³/mol. The lowest BCUT2D eigenvalue weighted by molar-refractivity contribution is -0.0233. The summed E-state index contributed by atoms with van der Waals surface area (Å²) < 4.78 is 93.2. The Morgan fingerprint density at radius 1 is 1.05 bits per heavy atom. The van der Waals surface area contributed by atoms with Crippen molar-refractivity contribution in [2.75, 3.05) is 50.5 Å². The van der Waals surface area contributed by atoms with Gasteiger partial charge in [0.2, 0.25) is 15.8 Å². The van der Waals surface area contributed by atoms with Gasteiger partial charge in [0.25, 0.3) is 5.92 Å². The van der Waals surface area contributed by atoms with Crippen molar-refractivity contribution in [3.63, 3.8) is 0 Å². The lowest BCUT2D eigenvalue weighted by Crippen LogP contribution is -2.49. The Kier molecular flexibility index (Phi) is 7.75. The minimum atomic E-state index is -3.93. The van der Waals surface area contributed by atoms with E-state index in [2.05, 4.69) is 5.10 Å². The van der Waals surface area contributed by atoms with E-state index < -0.39 is 45.5 Å². The molecule has 0 spiro atoms. The van der Waals surface area contributed by atoms with E-state index in [9.17, 15) is 30.8 Å². The zero-order valence-corrected chi connectivity index (χ0v) is 21.7. The summed E-state index contributed by atoms with van der Waals surface area (Å²) in [6.45, 7) is -0.463. The summed E-state index contributed by atoms with van der Waals surface area (Å²) in [5.74, 6) is -5.55. The van der Waals surface area contributed by atoms with Gasteiger partial charge in [-0.05, 0) is 24.3 Å². The fourth-order valence-electron chi connectivity index (χ4n) is 4.00. The molecule has 0 bridgehead atoms. The largest absolute Gasteiger partial charge is 0.495 e. The molecule has 210 valence electrons. The number of benzene rings is 2. The predicted octanol–water partition coefficient (Wildman–Crippen LogP) is 2.65. The lowest BCUT2D eigenvalue weighted by atomic mass is 10.2. The van der Waals surface area contributed by atoms with Crippen LogP contribution in [0.15, 0.2) is 52.3 Å². The topological polar surface area (TPSA) is 120 Å². The Labute approximate surface area is 221 Å². The first-order valence-corrected chi connectivity index (χ1v) is 13.0. The van der Waals surface area contributed by atoms with Gasteiger partial charge in [0.1, 0.15) is 23.1 Å². The first-order valence-electron chi connectivity index (χ1n) is 11.6. The minimum Gasteiger partial charge on any atom is -0.495 e. The molecule has 2 N–H and O–H groups in total. The van der Waals surface area contributed by atoms with Crippen LogP contribution in [0.4, 0.5) is 28.9 Å². The number of ether oxygens (including phenoxy) is 2. The number of methoxy groups -OCH3 is 1. The fourth-order valence-corrected chi connectivity index (χ4v) is 5.44. The van der Waals surface area contributed by atoms with Gasteiger partial charge in [0, 0.05) is 45.2 Å². The molecule has 0 atom stereocenters. The van der Waals surface area contributed by atoms with Gasteiger partial charge in [0.05, 0.1) is 29.6 Å². The molecular formula is C24H25F4N5O5S. The summed E-state index contributed by atoms with van der Waals surface area (Å²) in [4.78, 5) is 14.7. The molecule has 1 aliphatic heterocycles. The fraction of sp³-hybridized carbons (Fsp3) is 0.333. The number of alkyl halides is 2. The lowest BCUT2D eigenvalue weighted by Gasteiger charge is -2.35. The van der Waals surface area contributed by atoms with Crippen molar-refractivity contribution in [2.24, 2.45) is 0 Å². The van der Waals surface area contributed by atoms with Crippen LogP contribution in [0.5, 0.6) is 11.5 Å². The monoisotopic (exact) mass is 571 g/mol. The molecule has 10 nitrogen and oxygen atoms in total. The number of rotatable bonds is 8. The maximum absolute atomic E-state index is 13.7. The molecule has 0 aliphatic carbocycles. The molecule has 0 amide bonds. The standard InChI is InChI=1S/C24H25F4N5O5S/c1-24(27,28)14-38-22-20(13-30-33(23(22)34)17-10-15(25)9-16(26)11-17)31-5-7-32(8-6-31)39(35,36)18-3-4-19(29)21(12-18)37-2/h3-4,9-13H,5-8,14,29H2,1-2H3. The van der Waals surface area contributed by atoms with Gasteiger partial charge in [-0.15, -0.1) is 0 Å². The molecule has 1 saturated heterocycles. The Bertz CT molecular complexity index is 1520. The smallest absolute Gasteiger partial charge is 0.316 e. The summed E-state index contributed by atoms with van der Waals surface area (Å²) in [5, 5.41) is 3.96. The zero-order valence-electron chi connectivity index (χ0n) is 20.9. The number of nitrogens with two attached hydrogens (primary N) is 1. The van der Waals surface area contributed by atoms with Crippen molar-refractivity contribution >= 4 is 21.4 Å². The molecule has 15 heteroatoms. The molecule has 4 rings (SSSR count). The number of hydrogen-bond acceptors (Lipinski definition) is 8. The van der Waals surface area contributed by atoms with Gasteiger partial charge in [-0.2, -0.15) is 14.1 Å². The first kappa shape index (κ1) is 28.2. The van der Waals surface area contributed by atoms with Crippen LogP contribution in [0.2, 0.25) is 0 Å². The third kappa shape index (κ3) is 6.09. The van der Waals surface area contributed by atoms with Crippen molar-refractivity contribution in [1.29, 1.82) is 0 Å². The van der Waals surface area contributed by atoms with Crippen LogP contribution in [-0.2, 0) is 10.0 Å². The van der Waals surface area contributed by atoms with Crippen molar-refractivity contribution in [1.82, 2.24) is 14.1 Å². The highest BCUT2D eigenvalue weighted by Gasteiger charge is 2.32. The second-order valence-corrected chi connectivity index (χ2v) is 10.8. The molecule has 1 aliphatic rings. The van der Waals surface area contributed by atoms with Crippen molar-refractivity contribution < 1.29 is 35.5 Å².